The lowest BCUT2D eigenvalue weighted by atomic mass is 9.98. The zero-order chi connectivity index (χ0) is 19.7. The normalized spacial score (nSPS) is 11.3. The van der Waals surface area contributed by atoms with Crippen molar-refractivity contribution in [1.29, 1.82) is 0 Å². The molecule has 0 spiro atoms. The van der Waals surface area contributed by atoms with E-state index in [1.54, 1.807) is 0 Å². The Morgan fingerprint density at radius 2 is 1.00 bits per heavy atom. The van der Waals surface area contributed by atoms with Gasteiger partial charge in [0.2, 0.25) is 0 Å². The van der Waals surface area contributed by atoms with Crippen LogP contribution in [0.1, 0.15) is 126 Å². The summed E-state index contributed by atoms with van der Waals surface area (Å²) in [6, 6.07) is 4.19. The van der Waals surface area contributed by atoms with E-state index in [0.717, 1.165) is 11.4 Å². The molecule has 0 nitrogen and oxygen atoms in total. The molecule has 0 aromatic heterocycles. The number of hydrogen-bond acceptors (Lipinski definition) is 0. The number of unbranched alkanes of at least 4 members (excludes halogenated alkanes) is 15. The number of rotatable bonds is 17. The maximum atomic E-state index is 6.37. The van der Waals surface area contributed by atoms with Crippen molar-refractivity contribution in [3.05, 3.63) is 33.8 Å². The highest BCUT2D eigenvalue weighted by molar-refractivity contribution is 6.31. The molecule has 156 valence electrons. The van der Waals surface area contributed by atoms with Crippen LogP contribution < -0.4 is 0 Å². The zero-order valence-corrected chi connectivity index (χ0v) is 19.3. The molecule has 0 atom stereocenters. The van der Waals surface area contributed by atoms with Gasteiger partial charge in [0.05, 0.1) is 0 Å². The number of benzene rings is 1. The molecule has 0 unspecified atom stereocenters. The molecule has 1 aromatic rings. The monoisotopic (exact) mass is 392 g/mol. The van der Waals surface area contributed by atoms with Crippen LogP contribution in [-0.4, -0.2) is 0 Å². The SMILES string of the molecule is CCCCCCCCCCCCCCCCCCc1c(Cl)ccc(C)c1C. The zero-order valence-electron chi connectivity index (χ0n) is 18.6. The Labute approximate surface area is 175 Å². The minimum absolute atomic E-state index is 0.957. The van der Waals surface area contributed by atoms with Gasteiger partial charge < -0.3 is 0 Å². The van der Waals surface area contributed by atoms with E-state index >= 15 is 0 Å². The van der Waals surface area contributed by atoms with Crippen LogP contribution in [0.4, 0.5) is 0 Å². The van der Waals surface area contributed by atoms with E-state index in [9.17, 15) is 0 Å². The third-order valence-corrected chi connectivity index (χ3v) is 6.45. The van der Waals surface area contributed by atoms with Crippen molar-refractivity contribution >= 4 is 11.6 Å². The van der Waals surface area contributed by atoms with Crippen molar-refractivity contribution < 1.29 is 0 Å². The van der Waals surface area contributed by atoms with Crippen LogP contribution in [0.15, 0.2) is 12.1 Å². The predicted molar refractivity (Wildman–Crippen MR) is 124 cm³/mol. The van der Waals surface area contributed by atoms with Gasteiger partial charge in [0.25, 0.3) is 0 Å². The van der Waals surface area contributed by atoms with Gasteiger partial charge in [-0.1, -0.05) is 121 Å². The summed E-state index contributed by atoms with van der Waals surface area (Å²) in [7, 11) is 0. The van der Waals surface area contributed by atoms with Crippen LogP contribution in [0.25, 0.3) is 0 Å². The van der Waals surface area contributed by atoms with Crippen LogP contribution in [0.5, 0.6) is 0 Å². The van der Waals surface area contributed by atoms with E-state index in [1.165, 1.54) is 119 Å². The second kappa shape index (κ2) is 16.5. The number of hydrogen-bond donors (Lipinski definition) is 0. The minimum atomic E-state index is 0.957. The van der Waals surface area contributed by atoms with Crippen LogP contribution in [-0.2, 0) is 6.42 Å². The van der Waals surface area contributed by atoms with Gasteiger partial charge in [0.1, 0.15) is 0 Å². The molecule has 0 saturated carbocycles. The second-order valence-corrected chi connectivity index (χ2v) is 8.93. The quantitative estimate of drug-likeness (QED) is 0.231. The van der Waals surface area contributed by atoms with Gasteiger partial charge in [0, 0.05) is 5.02 Å². The van der Waals surface area contributed by atoms with Crippen LogP contribution in [0, 0.1) is 13.8 Å². The third-order valence-electron chi connectivity index (χ3n) is 6.09. The average Bonchev–Trinajstić information content (AvgIpc) is 2.67. The molecule has 0 fully saturated rings. The Bertz CT molecular complexity index is 477. The first-order chi connectivity index (χ1) is 13.2. The van der Waals surface area contributed by atoms with Crippen molar-refractivity contribution in [3.63, 3.8) is 0 Å². The summed E-state index contributed by atoms with van der Waals surface area (Å²) in [5, 5.41) is 0.957. The predicted octanol–water partition coefficient (Wildman–Crippen LogP) is 9.76. The molecular weight excluding hydrogens is 348 g/mol. The molecule has 0 amide bonds. The van der Waals surface area contributed by atoms with Crippen LogP contribution >= 0.6 is 11.6 Å². The molecule has 0 aliphatic heterocycles. The molecule has 0 radical (unpaired) electrons. The second-order valence-electron chi connectivity index (χ2n) is 8.52. The van der Waals surface area contributed by atoms with E-state index in [-0.39, 0.29) is 0 Å². The fourth-order valence-corrected chi connectivity index (χ4v) is 4.30. The van der Waals surface area contributed by atoms with E-state index < -0.39 is 0 Å². The smallest absolute Gasteiger partial charge is 0.0440 e. The highest BCUT2D eigenvalue weighted by atomic mass is 35.5. The molecule has 0 aliphatic carbocycles. The molecule has 0 heterocycles. The van der Waals surface area contributed by atoms with Gasteiger partial charge in [-0.2, -0.15) is 0 Å². The van der Waals surface area contributed by atoms with Crippen molar-refractivity contribution in [2.45, 2.75) is 130 Å². The summed E-state index contributed by atoms with van der Waals surface area (Å²) in [6.07, 6.45) is 23.9. The van der Waals surface area contributed by atoms with Crippen molar-refractivity contribution in [2.24, 2.45) is 0 Å². The van der Waals surface area contributed by atoms with E-state index in [4.69, 9.17) is 11.6 Å². The molecule has 0 saturated heterocycles. The summed E-state index contributed by atoms with van der Waals surface area (Å²) in [5.74, 6) is 0. The molecule has 1 heteroatoms. The number of halogens is 1. The highest BCUT2D eigenvalue weighted by Crippen LogP contribution is 2.25. The summed E-state index contributed by atoms with van der Waals surface area (Å²) < 4.78 is 0. The van der Waals surface area contributed by atoms with Crippen molar-refractivity contribution in [1.82, 2.24) is 0 Å². The van der Waals surface area contributed by atoms with Gasteiger partial charge in [0.15, 0.2) is 0 Å². The van der Waals surface area contributed by atoms with Crippen molar-refractivity contribution in [2.75, 3.05) is 0 Å². The lowest BCUT2D eigenvalue weighted by Crippen LogP contribution is -1.94. The van der Waals surface area contributed by atoms with Gasteiger partial charge in [-0.3, -0.25) is 0 Å². The fraction of sp³-hybridized carbons (Fsp3) is 0.769. The van der Waals surface area contributed by atoms with Gasteiger partial charge in [-0.25, -0.2) is 0 Å². The maximum absolute atomic E-state index is 6.37. The molecule has 1 aromatic carbocycles. The molecular formula is C26H45Cl. The first-order valence-electron chi connectivity index (χ1n) is 11.9. The third kappa shape index (κ3) is 11.8. The maximum Gasteiger partial charge on any atom is 0.0440 e. The van der Waals surface area contributed by atoms with Crippen LogP contribution in [0.3, 0.4) is 0 Å². The Hall–Kier alpha value is -0.490. The van der Waals surface area contributed by atoms with E-state index in [0.29, 0.717) is 0 Å². The molecule has 0 N–H and O–H groups in total. The van der Waals surface area contributed by atoms with E-state index in [2.05, 4.69) is 32.9 Å². The van der Waals surface area contributed by atoms with E-state index in [1.807, 2.05) is 0 Å². The standard InChI is InChI=1S/C26H45Cl/c1-4-5-6-7-8-9-10-11-12-13-14-15-16-17-18-19-20-25-24(3)23(2)21-22-26(25)27/h21-22H,4-20H2,1-3H3. The summed E-state index contributed by atoms with van der Waals surface area (Å²) >= 11 is 6.37. The molecule has 0 bridgehead atoms. The topological polar surface area (TPSA) is 0 Å². The van der Waals surface area contributed by atoms with Gasteiger partial charge >= 0.3 is 0 Å². The Kier molecular flexibility index (Phi) is 15.0. The van der Waals surface area contributed by atoms with Gasteiger partial charge in [-0.05, 0) is 49.4 Å². The Balaban J connectivity index is 1.87. The molecule has 0 aliphatic rings. The minimum Gasteiger partial charge on any atom is -0.0840 e. The van der Waals surface area contributed by atoms with Crippen LogP contribution in [0.2, 0.25) is 5.02 Å². The first kappa shape index (κ1) is 24.5. The Morgan fingerprint density at radius 1 is 0.593 bits per heavy atom. The largest absolute Gasteiger partial charge is 0.0840 e. The highest BCUT2D eigenvalue weighted by Gasteiger charge is 2.06. The lowest BCUT2D eigenvalue weighted by molar-refractivity contribution is 0.529. The average molecular weight is 393 g/mol. The fourth-order valence-electron chi connectivity index (χ4n) is 4.00. The van der Waals surface area contributed by atoms with Crippen molar-refractivity contribution in [3.8, 4) is 0 Å². The molecule has 27 heavy (non-hydrogen) atoms. The summed E-state index contributed by atoms with van der Waals surface area (Å²) in [6.45, 7) is 6.69. The first-order valence-corrected chi connectivity index (χ1v) is 12.3. The summed E-state index contributed by atoms with van der Waals surface area (Å²) in [4.78, 5) is 0. The number of aryl methyl sites for hydroxylation is 1. The lowest BCUT2D eigenvalue weighted by Gasteiger charge is -2.11. The Morgan fingerprint density at radius 3 is 1.44 bits per heavy atom. The van der Waals surface area contributed by atoms with Gasteiger partial charge in [-0.15, -0.1) is 0 Å². The summed E-state index contributed by atoms with van der Waals surface area (Å²) in [5.41, 5.74) is 4.14. The molecule has 1 rings (SSSR count).